The SMILES string of the molecule is CC1c2ccccc2CCN1C(=O)CCC(=O)O. The molecule has 1 amide bonds. The summed E-state index contributed by atoms with van der Waals surface area (Å²) in [5.41, 5.74) is 2.46. The first-order valence-electron chi connectivity index (χ1n) is 6.18. The van der Waals surface area contributed by atoms with Crippen LogP contribution in [-0.2, 0) is 16.0 Å². The van der Waals surface area contributed by atoms with Crippen molar-refractivity contribution in [2.75, 3.05) is 6.54 Å². The predicted octanol–water partition coefficient (Wildman–Crippen LogP) is 2.00. The Balaban J connectivity index is 2.09. The van der Waals surface area contributed by atoms with Crippen LogP contribution < -0.4 is 0 Å². The van der Waals surface area contributed by atoms with Gasteiger partial charge in [0.05, 0.1) is 12.5 Å². The molecule has 1 aromatic carbocycles. The Bertz CT molecular complexity index is 470. The maximum atomic E-state index is 12.0. The number of aliphatic carboxylic acids is 1. The fourth-order valence-electron chi connectivity index (χ4n) is 2.47. The van der Waals surface area contributed by atoms with Crippen LogP contribution in [0.4, 0.5) is 0 Å². The highest BCUT2D eigenvalue weighted by Gasteiger charge is 2.27. The number of carbonyl (C=O) groups is 2. The van der Waals surface area contributed by atoms with Crippen LogP contribution in [0.2, 0.25) is 0 Å². The van der Waals surface area contributed by atoms with E-state index in [1.807, 2.05) is 25.1 Å². The van der Waals surface area contributed by atoms with Crippen LogP contribution in [-0.4, -0.2) is 28.4 Å². The molecule has 0 spiro atoms. The molecule has 0 bridgehead atoms. The van der Waals surface area contributed by atoms with Gasteiger partial charge in [-0.25, -0.2) is 0 Å². The molecule has 18 heavy (non-hydrogen) atoms. The Morgan fingerprint density at radius 1 is 1.33 bits per heavy atom. The zero-order valence-electron chi connectivity index (χ0n) is 10.4. The summed E-state index contributed by atoms with van der Waals surface area (Å²) in [4.78, 5) is 24.3. The summed E-state index contributed by atoms with van der Waals surface area (Å²) in [6.45, 7) is 2.67. The van der Waals surface area contributed by atoms with Crippen LogP contribution in [0.15, 0.2) is 24.3 Å². The maximum absolute atomic E-state index is 12.0. The first kappa shape index (κ1) is 12.6. The number of carboxylic acids is 1. The normalized spacial score (nSPS) is 18.3. The van der Waals surface area contributed by atoms with Crippen molar-refractivity contribution >= 4 is 11.9 Å². The molecule has 0 radical (unpaired) electrons. The highest BCUT2D eigenvalue weighted by Crippen LogP contribution is 2.29. The molecule has 0 fully saturated rings. The third-order valence-electron chi connectivity index (χ3n) is 3.47. The molecule has 4 nitrogen and oxygen atoms in total. The Morgan fingerprint density at radius 2 is 2.06 bits per heavy atom. The van der Waals surface area contributed by atoms with Gasteiger partial charge in [-0.1, -0.05) is 24.3 Å². The van der Waals surface area contributed by atoms with Gasteiger partial charge in [-0.15, -0.1) is 0 Å². The summed E-state index contributed by atoms with van der Waals surface area (Å²) in [5, 5.41) is 8.61. The Hall–Kier alpha value is -1.84. The van der Waals surface area contributed by atoms with Crippen LogP contribution in [0.25, 0.3) is 0 Å². The Labute approximate surface area is 106 Å². The molecule has 0 saturated carbocycles. The maximum Gasteiger partial charge on any atom is 0.303 e. The molecule has 1 heterocycles. The van der Waals surface area contributed by atoms with Crippen molar-refractivity contribution in [2.24, 2.45) is 0 Å². The second-order valence-corrected chi connectivity index (χ2v) is 4.61. The topological polar surface area (TPSA) is 57.6 Å². The van der Waals surface area contributed by atoms with Crippen molar-refractivity contribution in [3.8, 4) is 0 Å². The van der Waals surface area contributed by atoms with Crippen molar-refractivity contribution in [1.29, 1.82) is 0 Å². The second-order valence-electron chi connectivity index (χ2n) is 4.61. The van der Waals surface area contributed by atoms with E-state index in [1.54, 1.807) is 4.90 Å². The molecule has 1 aliphatic rings. The molecule has 1 aromatic rings. The van der Waals surface area contributed by atoms with Crippen molar-refractivity contribution in [1.82, 2.24) is 4.90 Å². The van der Waals surface area contributed by atoms with Crippen LogP contribution in [0.5, 0.6) is 0 Å². The van der Waals surface area contributed by atoms with Crippen LogP contribution in [0, 0.1) is 0 Å². The number of carbonyl (C=O) groups excluding carboxylic acids is 1. The predicted molar refractivity (Wildman–Crippen MR) is 67.1 cm³/mol. The molecule has 1 unspecified atom stereocenters. The van der Waals surface area contributed by atoms with E-state index in [4.69, 9.17) is 5.11 Å². The number of amides is 1. The van der Waals surface area contributed by atoms with E-state index in [0.717, 1.165) is 6.42 Å². The van der Waals surface area contributed by atoms with Crippen LogP contribution >= 0.6 is 0 Å². The monoisotopic (exact) mass is 247 g/mol. The lowest BCUT2D eigenvalue weighted by atomic mass is 9.93. The summed E-state index contributed by atoms with van der Waals surface area (Å²) >= 11 is 0. The van der Waals surface area contributed by atoms with Gasteiger partial charge < -0.3 is 10.0 Å². The lowest BCUT2D eigenvalue weighted by molar-refractivity contribution is -0.141. The van der Waals surface area contributed by atoms with Crippen LogP contribution in [0.1, 0.15) is 36.9 Å². The van der Waals surface area contributed by atoms with Gasteiger partial charge in [0.25, 0.3) is 0 Å². The summed E-state index contributed by atoms with van der Waals surface area (Å²) in [5.74, 6) is -0.993. The summed E-state index contributed by atoms with van der Waals surface area (Å²) in [6, 6.07) is 8.14. The molecular formula is C14H17NO3. The fourth-order valence-corrected chi connectivity index (χ4v) is 2.47. The number of carboxylic acid groups (broad SMARTS) is 1. The van der Waals surface area contributed by atoms with E-state index < -0.39 is 5.97 Å². The minimum Gasteiger partial charge on any atom is -0.481 e. The lowest BCUT2D eigenvalue weighted by Gasteiger charge is -2.35. The zero-order valence-corrected chi connectivity index (χ0v) is 10.4. The Kier molecular flexibility index (Phi) is 3.65. The first-order valence-corrected chi connectivity index (χ1v) is 6.18. The Morgan fingerprint density at radius 3 is 2.78 bits per heavy atom. The van der Waals surface area contributed by atoms with Crippen molar-refractivity contribution in [3.05, 3.63) is 35.4 Å². The van der Waals surface area contributed by atoms with Crippen molar-refractivity contribution < 1.29 is 14.7 Å². The third-order valence-corrected chi connectivity index (χ3v) is 3.47. The number of hydrogen-bond acceptors (Lipinski definition) is 2. The fraction of sp³-hybridized carbons (Fsp3) is 0.429. The molecule has 1 aliphatic heterocycles. The molecule has 1 N–H and O–H groups in total. The number of fused-ring (bicyclic) bond motifs is 1. The van der Waals surface area contributed by atoms with Gasteiger partial charge >= 0.3 is 5.97 Å². The van der Waals surface area contributed by atoms with Crippen LogP contribution in [0.3, 0.4) is 0 Å². The highest BCUT2D eigenvalue weighted by molar-refractivity contribution is 5.81. The second kappa shape index (κ2) is 5.21. The van der Waals surface area contributed by atoms with Gasteiger partial charge in [0.1, 0.15) is 0 Å². The molecule has 1 atom stereocenters. The number of hydrogen-bond donors (Lipinski definition) is 1. The number of nitrogens with zero attached hydrogens (tertiary/aromatic N) is 1. The smallest absolute Gasteiger partial charge is 0.303 e. The molecule has 0 aromatic heterocycles. The van der Waals surface area contributed by atoms with Gasteiger partial charge in [-0.2, -0.15) is 0 Å². The molecule has 96 valence electrons. The van der Waals surface area contributed by atoms with E-state index in [2.05, 4.69) is 6.07 Å². The third kappa shape index (κ3) is 2.53. The van der Waals surface area contributed by atoms with E-state index in [1.165, 1.54) is 11.1 Å². The standard InChI is InChI=1S/C14H17NO3/c1-10-12-5-3-2-4-11(12)8-9-15(10)13(16)6-7-14(17)18/h2-5,10H,6-9H2,1H3,(H,17,18). The summed E-state index contributed by atoms with van der Waals surface area (Å²) in [7, 11) is 0. The van der Waals surface area contributed by atoms with E-state index in [-0.39, 0.29) is 24.8 Å². The molecule has 4 heteroatoms. The molecule has 0 aliphatic carbocycles. The number of rotatable bonds is 3. The minimum atomic E-state index is -0.923. The molecule has 0 saturated heterocycles. The number of benzene rings is 1. The van der Waals surface area contributed by atoms with Gasteiger partial charge in [0.2, 0.25) is 5.91 Å². The summed E-state index contributed by atoms with van der Waals surface area (Å²) < 4.78 is 0. The van der Waals surface area contributed by atoms with Gasteiger partial charge in [-0.3, -0.25) is 9.59 Å². The highest BCUT2D eigenvalue weighted by atomic mass is 16.4. The lowest BCUT2D eigenvalue weighted by Crippen LogP contribution is -2.38. The quantitative estimate of drug-likeness (QED) is 0.888. The summed E-state index contributed by atoms with van der Waals surface area (Å²) in [6.07, 6.45) is 0.838. The minimum absolute atomic E-state index is 0.0382. The van der Waals surface area contributed by atoms with Gasteiger partial charge in [0.15, 0.2) is 0 Å². The average molecular weight is 247 g/mol. The molecule has 2 rings (SSSR count). The first-order chi connectivity index (χ1) is 8.59. The van der Waals surface area contributed by atoms with Gasteiger partial charge in [-0.05, 0) is 24.5 Å². The van der Waals surface area contributed by atoms with Crippen molar-refractivity contribution in [2.45, 2.75) is 32.2 Å². The van der Waals surface area contributed by atoms with E-state index in [9.17, 15) is 9.59 Å². The van der Waals surface area contributed by atoms with E-state index >= 15 is 0 Å². The zero-order chi connectivity index (χ0) is 13.1. The average Bonchev–Trinajstić information content (AvgIpc) is 2.37. The molecular weight excluding hydrogens is 230 g/mol. The van der Waals surface area contributed by atoms with Gasteiger partial charge in [0, 0.05) is 13.0 Å². The largest absolute Gasteiger partial charge is 0.481 e. The van der Waals surface area contributed by atoms with Crippen molar-refractivity contribution in [3.63, 3.8) is 0 Å². The van der Waals surface area contributed by atoms with E-state index in [0.29, 0.717) is 6.54 Å².